The molecule has 2 aromatic rings. The van der Waals surface area contributed by atoms with E-state index in [1.54, 1.807) is 25.1 Å². The first-order chi connectivity index (χ1) is 8.06. The molecule has 17 heavy (non-hydrogen) atoms. The highest BCUT2D eigenvalue weighted by molar-refractivity contribution is 6.29. The number of pyridine rings is 1. The van der Waals surface area contributed by atoms with Gasteiger partial charge in [-0.2, -0.15) is 0 Å². The van der Waals surface area contributed by atoms with Crippen LogP contribution in [0.3, 0.4) is 0 Å². The number of hydrogen-bond donors (Lipinski definition) is 1. The molecule has 0 amide bonds. The average Bonchev–Trinajstić information content (AvgIpc) is 2.26. The van der Waals surface area contributed by atoms with Crippen LogP contribution in [0.5, 0.6) is 0 Å². The van der Waals surface area contributed by atoms with Crippen LogP contribution in [-0.2, 0) is 6.54 Å². The summed E-state index contributed by atoms with van der Waals surface area (Å²) in [5.41, 5.74) is 0.311. The third kappa shape index (κ3) is 2.62. The third-order valence-electron chi connectivity index (χ3n) is 2.29. The number of hydrogen-bond acceptors (Lipinski definition) is 3. The van der Waals surface area contributed by atoms with Gasteiger partial charge in [0.05, 0.1) is 12.2 Å². The van der Waals surface area contributed by atoms with E-state index in [0.29, 0.717) is 16.4 Å². The van der Waals surface area contributed by atoms with Gasteiger partial charge in [-0.25, -0.2) is 9.78 Å². The third-order valence-corrected chi connectivity index (χ3v) is 2.50. The fourth-order valence-electron chi connectivity index (χ4n) is 1.45. The van der Waals surface area contributed by atoms with Gasteiger partial charge in [-0.3, -0.25) is 14.3 Å². The maximum absolute atomic E-state index is 11.5. The summed E-state index contributed by atoms with van der Waals surface area (Å²) in [5.74, 6) is 0. The first-order valence-electron chi connectivity index (χ1n) is 4.98. The molecule has 88 valence electrons. The molecule has 0 radical (unpaired) electrons. The highest BCUT2D eigenvalue weighted by Gasteiger charge is 2.03. The summed E-state index contributed by atoms with van der Waals surface area (Å²) in [6.07, 6.45) is 1.50. The van der Waals surface area contributed by atoms with Crippen molar-refractivity contribution in [1.82, 2.24) is 14.5 Å². The van der Waals surface area contributed by atoms with Crippen LogP contribution in [0, 0.1) is 6.92 Å². The molecule has 5 nitrogen and oxygen atoms in total. The van der Waals surface area contributed by atoms with Crippen LogP contribution in [-0.4, -0.2) is 14.5 Å². The fourth-order valence-corrected chi connectivity index (χ4v) is 1.63. The van der Waals surface area contributed by atoms with Gasteiger partial charge < -0.3 is 0 Å². The van der Waals surface area contributed by atoms with E-state index >= 15 is 0 Å². The summed E-state index contributed by atoms with van der Waals surface area (Å²) in [6, 6.07) is 5.18. The zero-order chi connectivity index (χ0) is 12.4. The van der Waals surface area contributed by atoms with E-state index in [1.165, 1.54) is 10.8 Å². The fraction of sp³-hybridized carbons (Fsp3) is 0.182. The lowest BCUT2D eigenvalue weighted by Gasteiger charge is -2.05. The first-order valence-corrected chi connectivity index (χ1v) is 5.36. The standard InChI is InChI=1S/C11H10ClN3O2/c1-7-5-15(11(17)14-10(7)16)6-8-3-2-4-9(12)13-8/h2-5H,6H2,1H3,(H,14,16,17). The van der Waals surface area contributed by atoms with E-state index in [2.05, 4.69) is 9.97 Å². The van der Waals surface area contributed by atoms with Crippen LogP contribution in [0.1, 0.15) is 11.3 Å². The van der Waals surface area contributed by atoms with Gasteiger partial charge in [-0.05, 0) is 19.1 Å². The Morgan fingerprint density at radius 1 is 1.41 bits per heavy atom. The molecule has 2 rings (SSSR count). The summed E-state index contributed by atoms with van der Waals surface area (Å²) in [7, 11) is 0. The Hall–Kier alpha value is -1.88. The van der Waals surface area contributed by atoms with Gasteiger partial charge in [-0.15, -0.1) is 0 Å². The molecule has 0 spiro atoms. The Morgan fingerprint density at radius 3 is 2.88 bits per heavy atom. The van der Waals surface area contributed by atoms with Crippen LogP contribution >= 0.6 is 11.6 Å². The lowest BCUT2D eigenvalue weighted by atomic mass is 10.3. The van der Waals surface area contributed by atoms with Gasteiger partial charge in [0.2, 0.25) is 0 Å². The topological polar surface area (TPSA) is 67.8 Å². The van der Waals surface area contributed by atoms with Crippen molar-refractivity contribution >= 4 is 11.6 Å². The summed E-state index contributed by atoms with van der Waals surface area (Å²) in [6.45, 7) is 1.91. The molecule has 2 aromatic heterocycles. The van der Waals surface area contributed by atoms with Crippen molar-refractivity contribution in [3.63, 3.8) is 0 Å². The second kappa shape index (κ2) is 4.55. The lowest BCUT2D eigenvalue weighted by molar-refractivity contribution is 0.699. The average molecular weight is 252 g/mol. The van der Waals surface area contributed by atoms with Crippen LogP contribution < -0.4 is 11.2 Å². The molecule has 6 heteroatoms. The molecule has 0 saturated carbocycles. The zero-order valence-electron chi connectivity index (χ0n) is 9.11. The smallest absolute Gasteiger partial charge is 0.294 e. The largest absolute Gasteiger partial charge is 0.328 e. The number of rotatable bonds is 2. The van der Waals surface area contributed by atoms with Crippen LogP contribution in [0.15, 0.2) is 34.0 Å². The molecule has 0 aliphatic carbocycles. The van der Waals surface area contributed by atoms with Crippen molar-refractivity contribution in [2.75, 3.05) is 0 Å². The number of aromatic amines is 1. The van der Waals surface area contributed by atoms with Crippen molar-refractivity contribution in [3.8, 4) is 0 Å². The summed E-state index contributed by atoms with van der Waals surface area (Å²) in [5, 5.41) is 0.372. The van der Waals surface area contributed by atoms with E-state index in [0.717, 1.165) is 0 Å². The minimum absolute atomic E-state index is 0.275. The number of H-pyrrole nitrogens is 1. The Morgan fingerprint density at radius 2 is 2.18 bits per heavy atom. The Labute approximate surface area is 102 Å². The Bertz CT molecular complexity index is 660. The van der Waals surface area contributed by atoms with Crippen molar-refractivity contribution in [2.45, 2.75) is 13.5 Å². The van der Waals surface area contributed by atoms with Crippen molar-refractivity contribution in [3.05, 3.63) is 61.6 Å². The van der Waals surface area contributed by atoms with Crippen molar-refractivity contribution in [1.29, 1.82) is 0 Å². The van der Waals surface area contributed by atoms with Crippen molar-refractivity contribution < 1.29 is 0 Å². The van der Waals surface area contributed by atoms with Gasteiger partial charge in [0.25, 0.3) is 5.56 Å². The Kier molecular flexibility index (Phi) is 3.10. The number of aryl methyl sites for hydroxylation is 1. The SMILES string of the molecule is Cc1cn(Cc2cccc(Cl)n2)c(=O)[nH]c1=O. The van der Waals surface area contributed by atoms with Gasteiger partial charge in [0.1, 0.15) is 5.15 Å². The number of nitrogens with zero attached hydrogens (tertiary/aromatic N) is 2. The molecule has 0 aromatic carbocycles. The normalized spacial score (nSPS) is 10.5. The predicted molar refractivity (Wildman–Crippen MR) is 64.4 cm³/mol. The van der Waals surface area contributed by atoms with Crippen LogP contribution in [0.2, 0.25) is 5.15 Å². The number of halogens is 1. The van der Waals surface area contributed by atoms with E-state index in [1.807, 2.05) is 0 Å². The van der Waals surface area contributed by atoms with Gasteiger partial charge in [0, 0.05) is 11.8 Å². The molecule has 0 aliphatic heterocycles. The molecular weight excluding hydrogens is 242 g/mol. The molecule has 0 aliphatic rings. The van der Waals surface area contributed by atoms with Gasteiger partial charge >= 0.3 is 5.69 Å². The maximum atomic E-state index is 11.5. The molecule has 0 unspecified atom stereocenters. The summed E-state index contributed by atoms with van der Waals surface area (Å²) >= 11 is 5.75. The van der Waals surface area contributed by atoms with E-state index < -0.39 is 5.69 Å². The molecule has 0 saturated heterocycles. The van der Waals surface area contributed by atoms with Crippen molar-refractivity contribution in [2.24, 2.45) is 0 Å². The predicted octanol–water partition coefficient (Wildman–Crippen LogP) is 0.942. The Balaban J connectivity index is 2.40. The highest BCUT2D eigenvalue weighted by atomic mass is 35.5. The summed E-state index contributed by atoms with van der Waals surface area (Å²) in [4.78, 5) is 29.0. The second-order valence-electron chi connectivity index (χ2n) is 3.65. The molecule has 0 atom stereocenters. The molecule has 0 fully saturated rings. The highest BCUT2D eigenvalue weighted by Crippen LogP contribution is 2.05. The monoisotopic (exact) mass is 251 g/mol. The van der Waals surface area contributed by atoms with E-state index in [4.69, 9.17) is 11.6 Å². The lowest BCUT2D eigenvalue weighted by Crippen LogP contribution is -2.31. The van der Waals surface area contributed by atoms with Crippen LogP contribution in [0.4, 0.5) is 0 Å². The molecule has 0 bridgehead atoms. The van der Waals surface area contributed by atoms with E-state index in [9.17, 15) is 9.59 Å². The van der Waals surface area contributed by atoms with Gasteiger partial charge in [-0.1, -0.05) is 17.7 Å². The number of nitrogens with one attached hydrogen (secondary N) is 1. The maximum Gasteiger partial charge on any atom is 0.328 e. The second-order valence-corrected chi connectivity index (χ2v) is 4.04. The summed E-state index contributed by atoms with van der Waals surface area (Å²) < 4.78 is 1.38. The minimum atomic E-state index is -0.456. The molecule has 1 N–H and O–H groups in total. The van der Waals surface area contributed by atoms with E-state index in [-0.39, 0.29) is 12.1 Å². The molecule has 2 heterocycles. The minimum Gasteiger partial charge on any atom is -0.294 e. The number of aromatic nitrogens is 3. The van der Waals surface area contributed by atoms with Gasteiger partial charge in [0.15, 0.2) is 0 Å². The van der Waals surface area contributed by atoms with Crippen LogP contribution in [0.25, 0.3) is 0 Å². The zero-order valence-corrected chi connectivity index (χ0v) is 9.86. The first kappa shape index (κ1) is 11.6. The quantitative estimate of drug-likeness (QED) is 0.808. The molecular formula is C11H10ClN3O2.